The summed E-state index contributed by atoms with van der Waals surface area (Å²) in [6.45, 7) is 5.93. The van der Waals surface area contributed by atoms with Crippen molar-refractivity contribution in [1.82, 2.24) is 4.98 Å². The number of nitrogen functional groups attached to an aromatic ring is 1. The number of aromatic nitrogens is 1. The number of nitrogens with one attached hydrogen (secondary N) is 2. The van der Waals surface area contributed by atoms with E-state index < -0.39 is 0 Å². The number of nitrogens with two attached hydrogens (primary N) is 1. The van der Waals surface area contributed by atoms with Crippen molar-refractivity contribution in [3.63, 3.8) is 0 Å². The molecule has 0 aliphatic rings. The number of anilines is 2. The van der Waals surface area contributed by atoms with Crippen molar-refractivity contribution in [3.05, 3.63) is 52.7 Å². The van der Waals surface area contributed by atoms with Crippen LogP contribution in [0, 0.1) is 13.8 Å². The molecule has 1 amide bonds. The number of aryl methyl sites for hydroxylation is 3. The van der Waals surface area contributed by atoms with Crippen LogP contribution in [0.5, 0.6) is 0 Å². The predicted octanol–water partition coefficient (Wildman–Crippen LogP) is 2.80. The van der Waals surface area contributed by atoms with Crippen LogP contribution in [0.25, 0.3) is 0 Å². The molecule has 0 fully saturated rings. The number of amides is 1. The van der Waals surface area contributed by atoms with Crippen LogP contribution in [0.2, 0.25) is 0 Å². The third-order valence-electron chi connectivity index (χ3n) is 3.37. The highest BCUT2D eigenvalue weighted by Gasteiger charge is 2.12. The van der Waals surface area contributed by atoms with Gasteiger partial charge in [0.25, 0.3) is 5.91 Å². The number of hydrogen-bond donors (Lipinski definition) is 3. The summed E-state index contributed by atoms with van der Waals surface area (Å²) in [7, 11) is 0. The zero-order valence-corrected chi connectivity index (χ0v) is 12.5. The molecule has 0 saturated heterocycles. The first-order valence-electron chi connectivity index (χ1n) is 6.90. The van der Waals surface area contributed by atoms with Crippen molar-refractivity contribution in [2.75, 3.05) is 10.7 Å². The Morgan fingerprint density at radius 3 is 2.48 bits per heavy atom. The van der Waals surface area contributed by atoms with Gasteiger partial charge < -0.3 is 10.7 Å². The van der Waals surface area contributed by atoms with E-state index >= 15 is 0 Å². The highest BCUT2D eigenvalue weighted by Crippen LogP contribution is 2.21. The van der Waals surface area contributed by atoms with Gasteiger partial charge in [0, 0.05) is 16.9 Å². The summed E-state index contributed by atoms with van der Waals surface area (Å²) in [6.07, 6.45) is 0.735. The fourth-order valence-electron chi connectivity index (χ4n) is 2.17. The van der Waals surface area contributed by atoms with Crippen LogP contribution in [-0.2, 0) is 6.42 Å². The molecule has 2 rings (SSSR count). The molecule has 5 nitrogen and oxygen atoms in total. The van der Waals surface area contributed by atoms with E-state index in [0.29, 0.717) is 11.4 Å². The maximum absolute atomic E-state index is 12.4. The summed E-state index contributed by atoms with van der Waals surface area (Å²) in [5.74, 6) is 5.72. The predicted molar refractivity (Wildman–Crippen MR) is 85.3 cm³/mol. The van der Waals surface area contributed by atoms with Gasteiger partial charge in [-0.1, -0.05) is 25.1 Å². The Kier molecular flexibility index (Phi) is 4.55. The molecule has 1 aromatic carbocycles. The van der Waals surface area contributed by atoms with Crippen molar-refractivity contribution in [1.29, 1.82) is 0 Å². The van der Waals surface area contributed by atoms with Crippen molar-refractivity contribution in [2.24, 2.45) is 5.84 Å². The number of pyridine rings is 1. The molecule has 2 aromatic rings. The summed E-state index contributed by atoms with van der Waals surface area (Å²) in [5, 5.41) is 2.96. The first kappa shape index (κ1) is 15.0. The van der Waals surface area contributed by atoms with E-state index in [1.165, 1.54) is 0 Å². The van der Waals surface area contributed by atoms with Crippen LogP contribution >= 0.6 is 0 Å². The average Bonchev–Trinajstić information content (AvgIpc) is 2.50. The van der Waals surface area contributed by atoms with E-state index in [1.807, 2.05) is 39.0 Å². The van der Waals surface area contributed by atoms with E-state index in [4.69, 9.17) is 5.84 Å². The summed E-state index contributed by atoms with van der Waals surface area (Å²) < 4.78 is 0. The summed E-state index contributed by atoms with van der Waals surface area (Å²) >= 11 is 0. The van der Waals surface area contributed by atoms with E-state index in [2.05, 4.69) is 15.7 Å². The molecule has 0 bridgehead atoms. The number of hydrazine groups is 1. The van der Waals surface area contributed by atoms with Crippen molar-refractivity contribution in [3.8, 4) is 0 Å². The highest BCUT2D eigenvalue weighted by molar-refractivity contribution is 6.05. The molecule has 0 saturated carbocycles. The second-order valence-electron chi connectivity index (χ2n) is 4.95. The molecule has 0 aliphatic carbocycles. The zero-order valence-electron chi connectivity index (χ0n) is 12.5. The standard InChI is InChI=1S/C16H20N4O/c1-4-13-8-12(9-14(18-13)20-17)16(21)19-15-10(2)6-5-7-11(15)3/h5-9H,4,17H2,1-3H3,(H,18,20)(H,19,21). The first-order valence-corrected chi connectivity index (χ1v) is 6.90. The second-order valence-corrected chi connectivity index (χ2v) is 4.95. The lowest BCUT2D eigenvalue weighted by Crippen LogP contribution is -2.16. The van der Waals surface area contributed by atoms with Gasteiger partial charge in [-0.25, -0.2) is 10.8 Å². The van der Waals surface area contributed by atoms with E-state index in [-0.39, 0.29) is 5.91 Å². The first-order chi connectivity index (χ1) is 10.0. The Hall–Kier alpha value is -2.40. The van der Waals surface area contributed by atoms with Gasteiger partial charge in [-0.3, -0.25) is 4.79 Å². The van der Waals surface area contributed by atoms with E-state index in [1.54, 1.807) is 12.1 Å². The molecule has 5 heteroatoms. The summed E-state index contributed by atoms with van der Waals surface area (Å²) in [4.78, 5) is 16.7. The highest BCUT2D eigenvalue weighted by atomic mass is 16.1. The lowest BCUT2D eigenvalue weighted by atomic mass is 10.1. The zero-order chi connectivity index (χ0) is 15.4. The topological polar surface area (TPSA) is 80.0 Å². The molecule has 0 unspecified atom stereocenters. The molecule has 21 heavy (non-hydrogen) atoms. The quantitative estimate of drug-likeness (QED) is 0.596. The van der Waals surface area contributed by atoms with E-state index in [9.17, 15) is 4.79 Å². The maximum Gasteiger partial charge on any atom is 0.255 e. The van der Waals surface area contributed by atoms with Gasteiger partial charge in [0.15, 0.2) is 0 Å². The minimum absolute atomic E-state index is 0.166. The third-order valence-corrected chi connectivity index (χ3v) is 3.37. The van der Waals surface area contributed by atoms with Crippen molar-refractivity contribution >= 4 is 17.4 Å². The van der Waals surface area contributed by atoms with Crippen LogP contribution < -0.4 is 16.6 Å². The van der Waals surface area contributed by atoms with Crippen LogP contribution in [0.3, 0.4) is 0 Å². The Bertz CT molecular complexity index is 625. The normalized spacial score (nSPS) is 10.3. The molecule has 110 valence electrons. The molecule has 0 spiro atoms. The molecule has 0 atom stereocenters. The Balaban J connectivity index is 2.32. The summed E-state index contributed by atoms with van der Waals surface area (Å²) in [5.41, 5.74) is 6.76. The number of nitrogens with zero attached hydrogens (tertiary/aromatic N) is 1. The van der Waals surface area contributed by atoms with Gasteiger partial charge in [-0.15, -0.1) is 0 Å². The molecule has 0 aliphatic heterocycles. The number of para-hydroxylation sites is 1. The Morgan fingerprint density at radius 1 is 1.24 bits per heavy atom. The molecule has 0 radical (unpaired) electrons. The Morgan fingerprint density at radius 2 is 1.90 bits per heavy atom. The number of hydrogen-bond acceptors (Lipinski definition) is 4. The smallest absolute Gasteiger partial charge is 0.255 e. The molecule has 1 aromatic heterocycles. The summed E-state index contributed by atoms with van der Waals surface area (Å²) in [6, 6.07) is 9.34. The molecule has 4 N–H and O–H groups in total. The fourth-order valence-corrected chi connectivity index (χ4v) is 2.17. The van der Waals surface area contributed by atoms with E-state index in [0.717, 1.165) is 28.9 Å². The second kappa shape index (κ2) is 6.37. The SMILES string of the molecule is CCc1cc(C(=O)Nc2c(C)cccc2C)cc(NN)n1. The number of rotatable bonds is 4. The fraction of sp³-hybridized carbons (Fsp3) is 0.250. The van der Waals surface area contributed by atoms with Gasteiger partial charge in [0.1, 0.15) is 5.82 Å². The average molecular weight is 284 g/mol. The van der Waals surface area contributed by atoms with Crippen LogP contribution in [0.1, 0.15) is 34.1 Å². The maximum atomic E-state index is 12.4. The monoisotopic (exact) mass is 284 g/mol. The van der Waals surface area contributed by atoms with Gasteiger partial charge in [-0.2, -0.15) is 0 Å². The van der Waals surface area contributed by atoms with Crippen LogP contribution in [0.15, 0.2) is 30.3 Å². The van der Waals surface area contributed by atoms with Crippen LogP contribution in [-0.4, -0.2) is 10.9 Å². The lowest BCUT2D eigenvalue weighted by Gasteiger charge is -2.12. The van der Waals surface area contributed by atoms with Gasteiger partial charge in [-0.05, 0) is 43.5 Å². The Labute approximate surface area is 124 Å². The molecular weight excluding hydrogens is 264 g/mol. The lowest BCUT2D eigenvalue weighted by molar-refractivity contribution is 0.102. The largest absolute Gasteiger partial charge is 0.322 e. The number of benzene rings is 1. The van der Waals surface area contributed by atoms with Gasteiger partial charge in [0.2, 0.25) is 0 Å². The number of carbonyl (C=O) groups is 1. The van der Waals surface area contributed by atoms with Crippen molar-refractivity contribution < 1.29 is 4.79 Å². The minimum atomic E-state index is -0.166. The minimum Gasteiger partial charge on any atom is -0.322 e. The number of carbonyl (C=O) groups excluding carboxylic acids is 1. The van der Waals surface area contributed by atoms with Gasteiger partial charge >= 0.3 is 0 Å². The third kappa shape index (κ3) is 3.38. The van der Waals surface area contributed by atoms with Crippen molar-refractivity contribution in [2.45, 2.75) is 27.2 Å². The van der Waals surface area contributed by atoms with Gasteiger partial charge in [0.05, 0.1) is 0 Å². The van der Waals surface area contributed by atoms with Crippen LogP contribution in [0.4, 0.5) is 11.5 Å². The molecule has 1 heterocycles. The molecular formula is C16H20N4O.